The van der Waals surface area contributed by atoms with Crippen molar-refractivity contribution in [2.75, 3.05) is 13.3 Å². The van der Waals surface area contributed by atoms with Crippen molar-refractivity contribution in [2.24, 2.45) is 0 Å². The van der Waals surface area contributed by atoms with E-state index in [1.807, 2.05) is 42.5 Å². The van der Waals surface area contributed by atoms with Crippen molar-refractivity contribution in [2.45, 2.75) is 26.8 Å². The average molecular weight is 361 g/mol. The lowest BCUT2D eigenvalue weighted by molar-refractivity contribution is 0.112. The molecule has 2 aromatic carbocycles. The molecule has 1 N–H and O–H groups in total. The molecule has 0 bridgehead atoms. The van der Waals surface area contributed by atoms with Gasteiger partial charge >= 0.3 is 0 Å². The van der Waals surface area contributed by atoms with Crippen LogP contribution in [0.2, 0.25) is 0 Å². The van der Waals surface area contributed by atoms with Gasteiger partial charge in [0.15, 0.2) is 0 Å². The summed E-state index contributed by atoms with van der Waals surface area (Å²) < 4.78 is 6.00. The van der Waals surface area contributed by atoms with Gasteiger partial charge in [-0.05, 0) is 31.0 Å². The summed E-state index contributed by atoms with van der Waals surface area (Å²) in [6.45, 7) is 5.98. The van der Waals surface area contributed by atoms with Crippen LogP contribution in [0.4, 0.5) is 0 Å². The van der Waals surface area contributed by atoms with Gasteiger partial charge < -0.3 is 9.72 Å². The van der Waals surface area contributed by atoms with Crippen molar-refractivity contribution in [3.8, 4) is 17.1 Å². The highest BCUT2D eigenvalue weighted by atomic mass is 16.5. The van der Waals surface area contributed by atoms with E-state index in [4.69, 9.17) is 9.72 Å². The van der Waals surface area contributed by atoms with Gasteiger partial charge in [-0.3, -0.25) is 9.69 Å². The van der Waals surface area contributed by atoms with E-state index in [0.29, 0.717) is 19.1 Å². The Hall–Kier alpha value is -2.92. The Kier molecular flexibility index (Phi) is 4.77. The number of nitrogens with one attached hydrogen (secondary N) is 1. The highest BCUT2D eigenvalue weighted by molar-refractivity contribution is 5.54. The standard InChI is InChI=1S/C22H23N3O2/c1-15-7-6-10-20(16(15)2)27-14-25-12-11-19-18(13-25)22(26)24-21(23-19)17-8-4-3-5-9-17/h3-10H,11-14H2,1-2H3,(H,23,24,26). The molecule has 2 heterocycles. The van der Waals surface area contributed by atoms with Crippen LogP contribution in [0, 0.1) is 13.8 Å². The Morgan fingerprint density at radius 3 is 2.74 bits per heavy atom. The lowest BCUT2D eigenvalue weighted by atomic mass is 10.1. The van der Waals surface area contributed by atoms with Crippen molar-refractivity contribution in [3.63, 3.8) is 0 Å². The lowest BCUT2D eigenvalue weighted by Crippen LogP contribution is -2.38. The maximum Gasteiger partial charge on any atom is 0.255 e. The Bertz CT molecular complexity index is 1010. The molecular formula is C22H23N3O2. The minimum absolute atomic E-state index is 0.0599. The minimum Gasteiger partial charge on any atom is -0.478 e. The molecular weight excluding hydrogens is 338 g/mol. The number of benzene rings is 2. The summed E-state index contributed by atoms with van der Waals surface area (Å²) in [5, 5.41) is 0. The molecule has 0 saturated carbocycles. The van der Waals surface area contributed by atoms with E-state index in [2.05, 4.69) is 29.8 Å². The summed E-state index contributed by atoms with van der Waals surface area (Å²) in [6, 6.07) is 15.8. The highest BCUT2D eigenvalue weighted by Gasteiger charge is 2.22. The van der Waals surface area contributed by atoms with Gasteiger partial charge in [-0.25, -0.2) is 4.98 Å². The summed E-state index contributed by atoms with van der Waals surface area (Å²) in [5.74, 6) is 1.53. The van der Waals surface area contributed by atoms with E-state index in [-0.39, 0.29) is 5.56 Å². The number of aromatic amines is 1. The SMILES string of the molecule is Cc1cccc(OCN2CCc3nc(-c4ccccc4)[nH]c(=O)c3C2)c1C. The molecule has 0 aliphatic carbocycles. The van der Waals surface area contributed by atoms with E-state index in [1.165, 1.54) is 5.56 Å². The van der Waals surface area contributed by atoms with E-state index in [1.54, 1.807) is 0 Å². The van der Waals surface area contributed by atoms with E-state index < -0.39 is 0 Å². The first kappa shape index (κ1) is 17.5. The maximum atomic E-state index is 12.6. The van der Waals surface area contributed by atoms with Gasteiger partial charge in [0.05, 0.1) is 11.3 Å². The topological polar surface area (TPSA) is 58.2 Å². The van der Waals surface area contributed by atoms with E-state index in [9.17, 15) is 4.79 Å². The minimum atomic E-state index is -0.0599. The van der Waals surface area contributed by atoms with Gasteiger partial charge in [0.2, 0.25) is 0 Å². The van der Waals surface area contributed by atoms with Crippen LogP contribution in [0.15, 0.2) is 53.3 Å². The van der Waals surface area contributed by atoms with Gasteiger partial charge in [-0.1, -0.05) is 42.5 Å². The van der Waals surface area contributed by atoms with E-state index >= 15 is 0 Å². The summed E-state index contributed by atoms with van der Waals surface area (Å²) in [7, 11) is 0. The predicted octanol–water partition coefficient (Wildman–Crippen LogP) is 3.45. The first-order chi connectivity index (χ1) is 13.1. The van der Waals surface area contributed by atoms with Crippen molar-refractivity contribution >= 4 is 0 Å². The molecule has 5 nitrogen and oxygen atoms in total. The quantitative estimate of drug-likeness (QED) is 0.773. The van der Waals surface area contributed by atoms with Crippen LogP contribution >= 0.6 is 0 Å². The van der Waals surface area contributed by atoms with Crippen LogP contribution in [0.1, 0.15) is 22.4 Å². The Labute approximate surface area is 158 Å². The number of rotatable bonds is 4. The van der Waals surface area contributed by atoms with Crippen LogP contribution in [-0.2, 0) is 13.0 Å². The Balaban J connectivity index is 1.50. The molecule has 1 aliphatic heterocycles. The van der Waals surface area contributed by atoms with Gasteiger partial charge in [0, 0.05) is 25.1 Å². The highest BCUT2D eigenvalue weighted by Crippen LogP contribution is 2.22. The number of nitrogens with zero attached hydrogens (tertiary/aromatic N) is 2. The molecule has 4 rings (SSSR count). The Morgan fingerprint density at radius 1 is 1.11 bits per heavy atom. The van der Waals surface area contributed by atoms with Gasteiger partial charge in [0.1, 0.15) is 18.3 Å². The molecule has 27 heavy (non-hydrogen) atoms. The fraction of sp³-hybridized carbons (Fsp3) is 0.273. The summed E-state index contributed by atoms with van der Waals surface area (Å²) in [5.41, 5.74) is 4.87. The number of aryl methyl sites for hydroxylation is 1. The molecule has 0 atom stereocenters. The third-order valence-corrected chi connectivity index (χ3v) is 5.15. The van der Waals surface area contributed by atoms with Crippen LogP contribution in [0.3, 0.4) is 0 Å². The molecule has 1 aliphatic rings. The first-order valence-corrected chi connectivity index (χ1v) is 9.20. The molecule has 0 unspecified atom stereocenters. The molecule has 0 saturated heterocycles. The predicted molar refractivity (Wildman–Crippen MR) is 106 cm³/mol. The molecule has 5 heteroatoms. The van der Waals surface area contributed by atoms with Crippen molar-refractivity contribution in [1.29, 1.82) is 0 Å². The molecule has 0 fully saturated rings. The second-order valence-corrected chi connectivity index (χ2v) is 6.98. The molecule has 3 aromatic rings. The third-order valence-electron chi connectivity index (χ3n) is 5.15. The van der Waals surface area contributed by atoms with Crippen molar-refractivity contribution < 1.29 is 4.74 Å². The molecule has 0 amide bonds. The second-order valence-electron chi connectivity index (χ2n) is 6.98. The van der Waals surface area contributed by atoms with Gasteiger partial charge in [0.25, 0.3) is 5.56 Å². The number of hydrogen-bond donors (Lipinski definition) is 1. The number of H-pyrrole nitrogens is 1. The first-order valence-electron chi connectivity index (χ1n) is 9.20. The normalized spacial score (nSPS) is 14.0. The van der Waals surface area contributed by atoms with Crippen molar-refractivity contribution in [3.05, 3.63) is 81.3 Å². The summed E-state index contributed by atoms with van der Waals surface area (Å²) in [4.78, 5) is 22.4. The molecule has 0 radical (unpaired) electrons. The molecule has 138 valence electrons. The molecule has 1 aromatic heterocycles. The zero-order valence-corrected chi connectivity index (χ0v) is 15.7. The number of fused-ring (bicyclic) bond motifs is 1. The third kappa shape index (κ3) is 3.64. The maximum absolute atomic E-state index is 12.6. The largest absolute Gasteiger partial charge is 0.478 e. The van der Waals surface area contributed by atoms with Crippen LogP contribution in [0.5, 0.6) is 5.75 Å². The zero-order chi connectivity index (χ0) is 18.8. The van der Waals surface area contributed by atoms with E-state index in [0.717, 1.165) is 41.1 Å². The van der Waals surface area contributed by atoms with Crippen LogP contribution < -0.4 is 10.3 Å². The van der Waals surface area contributed by atoms with Gasteiger partial charge in [-0.2, -0.15) is 0 Å². The van der Waals surface area contributed by atoms with Crippen LogP contribution in [0.25, 0.3) is 11.4 Å². The summed E-state index contributed by atoms with van der Waals surface area (Å²) in [6.07, 6.45) is 0.745. The smallest absolute Gasteiger partial charge is 0.255 e. The van der Waals surface area contributed by atoms with Gasteiger partial charge in [-0.15, -0.1) is 0 Å². The number of hydrogen-bond acceptors (Lipinski definition) is 4. The monoisotopic (exact) mass is 361 g/mol. The van der Waals surface area contributed by atoms with Crippen LogP contribution in [-0.4, -0.2) is 28.1 Å². The lowest BCUT2D eigenvalue weighted by Gasteiger charge is -2.27. The van der Waals surface area contributed by atoms with Crippen molar-refractivity contribution in [1.82, 2.24) is 14.9 Å². The fourth-order valence-electron chi connectivity index (χ4n) is 3.37. The molecule has 0 spiro atoms. The average Bonchev–Trinajstić information content (AvgIpc) is 2.70. The number of aromatic nitrogens is 2. The Morgan fingerprint density at radius 2 is 1.93 bits per heavy atom. The zero-order valence-electron chi connectivity index (χ0n) is 15.7. The fourth-order valence-corrected chi connectivity index (χ4v) is 3.37. The summed E-state index contributed by atoms with van der Waals surface area (Å²) >= 11 is 0. The second kappa shape index (κ2) is 7.37. The number of ether oxygens (including phenoxy) is 1.